The molecule has 110 valence electrons. The van der Waals surface area contributed by atoms with Crippen molar-refractivity contribution in [3.8, 4) is 0 Å². The van der Waals surface area contributed by atoms with Crippen LogP contribution in [0.1, 0.15) is 23.9 Å². The van der Waals surface area contributed by atoms with Gasteiger partial charge in [-0.3, -0.25) is 14.9 Å². The fraction of sp³-hybridized carbons (Fsp3) is 0.545. The molecule has 0 saturated carbocycles. The van der Waals surface area contributed by atoms with E-state index in [0.29, 0.717) is 13.0 Å². The van der Waals surface area contributed by atoms with Crippen LogP contribution < -0.4 is 0 Å². The number of amides is 1. The first-order valence-corrected chi connectivity index (χ1v) is 7.92. The van der Waals surface area contributed by atoms with E-state index in [1.165, 1.54) is 11.0 Å². The van der Waals surface area contributed by atoms with Gasteiger partial charge >= 0.3 is 5.88 Å². The second kappa shape index (κ2) is 5.23. The van der Waals surface area contributed by atoms with Crippen LogP contribution in [0.4, 0.5) is 5.88 Å². The van der Waals surface area contributed by atoms with Gasteiger partial charge in [0.15, 0.2) is 15.6 Å². The molecule has 1 fully saturated rings. The number of hydrogen-bond donors (Lipinski definition) is 0. The zero-order chi connectivity index (χ0) is 14.9. The van der Waals surface area contributed by atoms with E-state index >= 15 is 0 Å². The molecule has 0 spiro atoms. The van der Waals surface area contributed by atoms with Gasteiger partial charge in [-0.15, -0.1) is 0 Å². The van der Waals surface area contributed by atoms with Gasteiger partial charge in [0.05, 0.1) is 17.6 Å². The van der Waals surface area contributed by atoms with Crippen molar-refractivity contribution in [2.24, 2.45) is 0 Å². The summed E-state index contributed by atoms with van der Waals surface area (Å²) in [4.78, 5) is 23.4. The molecule has 20 heavy (non-hydrogen) atoms. The maximum absolute atomic E-state index is 12.2. The summed E-state index contributed by atoms with van der Waals surface area (Å²) in [7, 11) is -3.11. The maximum Gasteiger partial charge on any atom is 0.433 e. The van der Waals surface area contributed by atoms with E-state index < -0.39 is 32.6 Å². The third-order valence-electron chi connectivity index (χ3n) is 3.23. The highest BCUT2D eigenvalue weighted by Crippen LogP contribution is 2.22. The number of nitro groups is 1. The Kier molecular flexibility index (Phi) is 3.80. The van der Waals surface area contributed by atoms with Gasteiger partial charge in [-0.25, -0.2) is 8.42 Å². The van der Waals surface area contributed by atoms with Crippen LogP contribution >= 0.6 is 0 Å². The lowest BCUT2D eigenvalue weighted by Gasteiger charge is -2.25. The molecule has 1 aromatic heterocycles. The third kappa shape index (κ3) is 2.82. The van der Waals surface area contributed by atoms with E-state index in [0.717, 1.165) is 6.07 Å². The first-order chi connectivity index (χ1) is 9.34. The van der Waals surface area contributed by atoms with Crippen molar-refractivity contribution in [1.29, 1.82) is 0 Å². The van der Waals surface area contributed by atoms with Crippen LogP contribution in [-0.2, 0) is 9.84 Å². The zero-order valence-corrected chi connectivity index (χ0v) is 11.6. The molecule has 8 nitrogen and oxygen atoms in total. The second-order valence-corrected chi connectivity index (χ2v) is 6.77. The van der Waals surface area contributed by atoms with E-state index in [1.54, 1.807) is 6.92 Å². The highest BCUT2D eigenvalue weighted by Gasteiger charge is 2.35. The average molecular weight is 302 g/mol. The summed E-state index contributed by atoms with van der Waals surface area (Å²) >= 11 is 0. The van der Waals surface area contributed by atoms with E-state index in [9.17, 15) is 23.3 Å². The molecule has 1 aromatic rings. The van der Waals surface area contributed by atoms with Gasteiger partial charge < -0.3 is 9.32 Å². The molecule has 1 atom stereocenters. The van der Waals surface area contributed by atoms with Crippen molar-refractivity contribution in [3.05, 3.63) is 28.0 Å². The third-order valence-corrected chi connectivity index (χ3v) is 4.98. The largest absolute Gasteiger partial charge is 0.433 e. The van der Waals surface area contributed by atoms with Gasteiger partial charge in [-0.1, -0.05) is 0 Å². The lowest BCUT2D eigenvalue weighted by atomic mass is 10.2. The molecule has 1 saturated heterocycles. The standard InChI is InChI=1S/C11H14N2O6S/c1-2-12(8-5-6-20(17,18)7-8)11(14)9-3-4-10(19-9)13(15)16/h3-4,8H,2,5-7H2,1H3/t8-/m1/s1. The number of hydrogen-bond acceptors (Lipinski definition) is 6. The van der Waals surface area contributed by atoms with Gasteiger partial charge in [0.25, 0.3) is 5.91 Å². The van der Waals surface area contributed by atoms with Crippen LogP contribution in [0, 0.1) is 10.1 Å². The maximum atomic E-state index is 12.2. The summed E-state index contributed by atoms with van der Waals surface area (Å²) in [5.74, 6) is -1.20. The van der Waals surface area contributed by atoms with Crippen LogP contribution in [-0.4, -0.2) is 48.2 Å². The molecule has 0 aliphatic carbocycles. The molecule has 0 radical (unpaired) electrons. The van der Waals surface area contributed by atoms with Crippen LogP contribution in [0.3, 0.4) is 0 Å². The molecule has 0 aromatic carbocycles. The summed E-state index contributed by atoms with van der Waals surface area (Å²) in [6.45, 7) is 2.04. The fourth-order valence-electron chi connectivity index (χ4n) is 2.27. The van der Waals surface area contributed by atoms with Gasteiger partial charge in [0.2, 0.25) is 0 Å². The molecule has 1 aliphatic rings. The Hall–Kier alpha value is -1.90. The fourth-order valence-corrected chi connectivity index (χ4v) is 4.00. The second-order valence-electron chi connectivity index (χ2n) is 4.54. The van der Waals surface area contributed by atoms with Crippen molar-refractivity contribution in [2.75, 3.05) is 18.1 Å². The molecule has 0 unspecified atom stereocenters. The Bertz CT molecular complexity index is 635. The number of furan rings is 1. The summed E-state index contributed by atoms with van der Waals surface area (Å²) in [6, 6.07) is 1.93. The monoisotopic (exact) mass is 302 g/mol. The molecule has 1 amide bonds. The minimum atomic E-state index is -3.11. The SMILES string of the molecule is CCN(C(=O)c1ccc([N+](=O)[O-])o1)[C@@H]1CCS(=O)(=O)C1. The van der Waals surface area contributed by atoms with Crippen LogP contribution in [0.15, 0.2) is 16.5 Å². The topological polar surface area (TPSA) is 111 Å². The number of rotatable bonds is 4. The summed E-state index contributed by atoms with van der Waals surface area (Å²) in [5, 5.41) is 10.5. The smallest absolute Gasteiger partial charge is 0.395 e. The van der Waals surface area contributed by atoms with E-state index in [2.05, 4.69) is 0 Å². The van der Waals surface area contributed by atoms with Gasteiger partial charge in [-0.2, -0.15) is 0 Å². The number of carbonyl (C=O) groups is 1. The summed E-state index contributed by atoms with van der Waals surface area (Å²) < 4.78 is 27.8. The Labute approximate surface area is 115 Å². The average Bonchev–Trinajstić information content (AvgIpc) is 2.97. The van der Waals surface area contributed by atoms with Gasteiger partial charge in [-0.05, 0) is 19.4 Å². The van der Waals surface area contributed by atoms with Crippen molar-refractivity contribution in [2.45, 2.75) is 19.4 Å². The zero-order valence-electron chi connectivity index (χ0n) is 10.8. The molecular weight excluding hydrogens is 288 g/mol. The van der Waals surface area contributed by atoms with Crippen molar-refractivity contribution < 1.29 is 22.6 Å². The lowest BCUT2D eigenvalue weighted by molar-refractivity contribution is -0.402. The molecule has 2 rings (SSSR count). The predicted octanol–water partition coefficient (Wildman–Crippen LogP) is 0.837. The van der Waals surface area contributed by atoms with Crippen LogP contribution in [0.25, 0.3) is 0 Å². The molecule has 1 aliphatic heterocycles. The van der Waals surface area contributed by atoms with Crippen LogP contribution in [0.5, 0.6) is 0 Å². The number of nitrogens with zero attached hydrogens (tertiary/aromatic N) is 2. The van der Waals surface area contributed by atoms with Crippen molar-refractivity contribution in [1.82, 2.24) is 4.90 Å². The predicted molar refractivity (Wildman–Crippen MR) is 69.1 cm³/mol. The molecule has 9 heteroatoms. The quantitative estimate of drug-likeness (QED) is 0.602. The van der Waals surface area contributed by atoms with Gasteiger partial charge in [0.1, 0.15) is 4.92 Å². The minimum absolute atomic E-state index is 0.0553. The van der Waals surface area contributed by atoms with E-state index in [4.69, 9.17) is 4.42 Å². The minimum Gasteiger partial charge on any atom is -0.395 e. The Balaban J connectivity index is 2.19. The Morgan fingerprint density at radius 3 is 2.70 bits per heavy atom. The normalized spacial score (nSPS) is 20.8. The number of sulfone groups is 1. The molecule has 0 N–H and O–H groups in total. The number of carbonyl (C=O) groups excluding carboxylic acids is 1. The molecular formula is C11H14N2O6S. The van der Waals surface area contributed by atoms with Crippen molar-refractivity contribution in [3.63, 3.8) is 0 Å². The first-order valence-electron chi connectivity index (χ1n) is 6.09. The molecule has 2 heterocycles. The summed E-state index contributed by atoms with van der Waals surface area (Å²) in [6.07, 6.45) is 0.380. The Morgan fingerprint density at radius 1 is 1.55 bits per heavy atom. The van der Waals surface area contributed by atoms with Gasteiger partial charge in [0, 0.05) is 12.6 Å². The molecule has 0 bridgehead atoms. The van der Waals surface area contributed by atoms with E-state index in [-0.39, 0.29) is 17.3 Å². The van der Waals surface area contributed by atoms with Crippen LogP contribution in [0.2, 0.25) is 0 Å². The Morgan fingerprint density at radius 2 is 2.25 bits per heavy atom. The highest BCUT2D eigenvalue weighted by molar-refractivity contribution is 7.91. The van der Waals surface area contributed by atoms with Crippen molar-refractivity contribution >= 4 is 21.6 Å². The first kappa shape index (κ1) is 14.5. The highest BCUT2D eigenvalue weighted by atomic mass is 32.2. The van der Waals surface area contributed by atoms with E-state index in [1.807, 2.05) is 0 Å². The summed E-state index contributed by atoms with van der Waals surface area (Å²) in [5.41, 5.74) is 0. The lowest BCUT2D eigenvalue weighted by Crippen LogP contribution is -2.40.